The van der Waals surface area contributed by atoms with E-state index in [1.165, 1.54) is 13.8 Å². The number of carboxylic acid groups (broad SMARTS) is 1. The number of thioether (sulfide) groups is 1. The van der Waals surface area contributed by atoms with Crippen molar-refractivity contribution in [2.45, 2.75) is 50.8 Å². The van der Waals surface area contributed by atoms with Crippen LogP contribution in [0.4, 0.5) is 4.79 Å². The molecule has 3 N–H and O–H groups in total. The van der Waals surface area contributed by atoms with Gasteiger partial charge in [0.15, 0.2) is 0 Å². The predicted molar refractivity (Wildman–Crippen MR) is 77.7 cm³/mol. The lowest BCUT2D eigenvalue weighted by Crippen LogP contribution is -2.47. The van der Waals surface area contributed by atoms with Crippen LogP contribution in [0.3, 0.4) is 0 Å². The molecule has 6 nitrogen and oxygen atoms in total. The van der Waals surface area contributed by atoms with Gasteiger partial charge in [-0.05, 0) is 32.9 Å². The summed E-state index contributed by atoms with van der Waals surface area (Å²) in [4.78, 5) is 34.3. The molecular formula is C13H22N2O4S. The van der Waals surface area contributed by atoms with E-state index >= 15 is 0 Å². The maximum Gasteiger partial charge on any atom is 0.321 e. The molecule has 114 valence electrons. The monoisotopic (exact) mass is 302 g/mol. The number of nitrogens with one attached hydrogen (secondary N) is 2. The Morgan fingerprint density at radius 2 is 1.95 bits per heavy atom. The van der Waals surface area contributed by atoms with E-state index in [1.54, 1.807) is 11.8 Å². The minimum atomic E-state index is -1.18. The van der Waals surface area contributed by atoms with Gasteiger partial charge in [-0.3, -0.25) is 14.9 Å². The smallest absolute Gasteiger partial charge is 0.321 e. The second kappa shape index (κ2) is 6.97. The van der Waals surface area contributed by atoms with Crippen LogP contribution < -0.4 is 10.6 Å². The molecule has 0 aliphatic heterocycles. The minimum absolute atomic E-state index is 0.0743. The maximum atomic E-state index is 11.7. The topological polar surface area (TPSA) is 95.5 Å². The van der Waals surface area contributed by atoms with Crippen molar-refractivity contribution in [1.29, 1.82) is 0 Å². The Bertz CT molecular complexity index is 398. The quantitative estimate of drug-likeness (QED) is 0.717. The molecule has 0 spiro atoms. The molecule has 7 heteroatoms. The molecule has 2 unspecified atom stereocenters. The summed E-state index contributed by atoms with van der Waals surface area (Å²) in [6.07, 6.45) is 4.81. The molecule has 1 saturated carbocycles. The van der Waals surface area contributed by atoms with Gasteiger partial charge in [0.05, 0.1) is 5.41 Å². The standard InChI is InChI=1S/C13H22N2O4S/c1-13(2,11(17)18)7-10(16)15-12(19)14-8-5-4-6-9(8)20-3/h8-9H,4-7H2,1-3H3,(H,17,18)(H2,14,15,16,19). The number of carboxylic acids is 1. The third-order valence-corrected chi connectivity index (χ3v) is 4.68. The van der Waals surface area contributed by atoms with E-state index in [2.05, 4.69) is 10.6 Å². The maximum absolute atomic E-state index is 11.7. The highest BCUT2D eigenvalue weighted by Gasteiger charge is 2.32. The highest BCUT2D eigenvalue weighted by Crippen LogP contribution is 2.28. The van der Waals surface area contributed by atoms with Gasteiger partial charge in [-0.2, -0.15) is 11.8 Å². The average Bonchev–Trinajstić information content (AvgIpc) is 2.74. The molecule has 0 aromatic carbocycles. The zero-order chi connectivity index (χ0) is 15.3. The third kappa shape index (κ3) is 4.70. The van der Waals surface area contributed by atoms with E-state index < -0.39 is 23.3 Å². The van der Waals surface area contributed by atoms with Crippen molar-refractivity contribution < 1.29 is 19.5 Å². The highest BCUT2D eigenvalue weighted by atomic mass is 32.2. The van der Waals surface area contributed by atoms with Gasteiger partial charge in [-0.25, -0.2) is 4.79 Å². The molecule has 0 aromatic heterocycles. The Kier molecular flexibility index (Phi) is 5.86. The van der Waals surface area contributed by atoms with Crippen molar-refractivity contribution in [3.8, 4) is 0 Å². The van der Waals surface area contributed by atoms with Crippen LogP contribution in [0.25, 0.3) is 0 Å². The van der Waals surface area contributed by atoms with Crippen molar-refractivity contribution >= 4 is 29.7 Å². The highest BCUT2D eigenvalue weighted by molar-refractivity contribution is 7.99. The summed E-state index contributed by atoms with van der Waals surface area (Å²) in [5, 5.41) is 14.3. The molecule has 1 fully saturated rings. The summed E-state index contributed by atoms with van der Waals surface area (Å²) in [6, 6.07) is -0.465. The van der Waals surface area contributed by atoms with Gasteiger partial charge in [0.2, 0.25) is 5.91 Å². The van der Waals surface area contributed by atoms with Crippen molar-refractivity contribution in [3.05, 3.63) is 0 Å². The second-order valence-electron chi connectivity index (χ2n) is 5.70. The number of rotatable bonds is 5. The van der Waals surface area contributed by atoms with Gasteiger partial charge in [-0.1, -0.05) is 6.42 Å². The first-order valence-corrected chi connectivity index (χ1v) is 7.91. The molecule has 1 rings (SSSR count). The number of aliphatic carboxylic acids is 1. The van der Waals surface area contributed by atoms with Crippen LogP contribution in [-0.4, -0.2) is 40.6 Å². The summed E-state index contributed by atoms with van der Waals surface area (Å²) in [5.41, 5.74) is -1.18. The van der Waals surface area contributed by atoms with Crippen molar-refractivity contribution in [3.63, 3.8) is 0 Å². The number of urea groups is 1. The largest absolute Gasteiger partial charge is 0.481 e. The molecule has 0 radical (unpaired) electrons. The van der Waals surface area contributed by atoms with Gasteiger partial charge in [-0.15, -0.1) is 0 Å². The minimum Gasteiger partial charge on any atom is -0.481 e. The molecule has 1 aliphatic rings. The van der Waals surface area contributed by atoms with Gasteiger partial charge in [0, 0.05) is 17.7 Å². The Morgan fingerprint density at radius 1 is 1.30 bits per heavy atom. The van der Waals surface area contributed by atoms with Gasteiger partial charge >= 0.3 is 12.0 Å². The Balaban J connectivity index is 2.42. The Hall–Kier alpha value is -1.24. The fourth-order valence-electron chi connectivity index (χ4n) is 2.23. The van der Waals surface area contributed by atoms with E-state index in [0.717, 1.165) is 19.3 Å². The van der Waals surface area contributed by atoms with Crippen LogP contribution in [0.1, 0.15) is 39.5 Å². The van der Waals surface area contributed by atoms with Crippen LogP contribution in [-0.2, 0) is 9.59 Å². The summed E-state index contributed by atoms with van der Waals surface area (Å²) in [5.74, 6) is -1.64. The Labute approximate surface area is 123 Å². The molecule has 20 heavy (non-hydrogen) atoms. The lowest BCUT2D eigenvalue weighted by molar-refractivity contribution is -0.149. The van der Waals surface area contributed by atoms with Crippen LogP contribution in [0.2, 0.25) is 0 Å². The number of hydrogen-bond acceptors (Lipinski definition) is 4. The van der Waals surface area contributed by atoms with Crippen LogP contribution in [0, 0.1) is 5.41 Å². The van der Waals surface area contributed by atoms with Gasteiger partial charge in [0.1, 0.15) is 0 Å². The third-order valence-electron chi connectivity index (χ3n) is 3.51. The summed E-state index contributed by atoms with van der Waals surface area (Å²) in [7, 11) is 0. The number of carbonyl (C=O) groups excluding carboxylic acids is 2. The number of amides is 3. The van der Waals surface area contributed by atoms with Crippen LogP contribution in [0.15, 0.2) is 0 Å². The van der Waals surface area contributed by atoms with Crippen LogP contribution >= 0.6 is 11.8 Å². The predicted octanol–water partition coefficient (Wildman–Crippen LogP) is 1.60. The number of hydrogen-bond donors (Lipinski definition) is 3. The average molecular weight is 302 g/mol. The SMILES string of the molecule is CSC1CCCC1NC(=O)NC(=O)CC(C)(C)C(=O)O. The van der Waals surface area contributed by atoms with E-state index in [0.29, 0.717) is 5.25 Å². The number of carbonyl (C=O) groups is 3. The molecule has 0 aromatic rings. The van der Waals surface area contributed by atoms with Crippen molar-refractivity contribution in [1.82, 2.24) is 10.6 Å². The van der Waals surface area contributed by atoms with E-state index in [9.17, 15) is 14.4 Å². The zero-order valence-corrected chi connectivity index (χ0v) is 12.9. The lowest BCUT2D eigenvalue weighted by atomic mass is 9.89. The van der Waals surface area contributed by atoms with E-state index in [1.807, 2.05) is 6.26 Å². The molecule has 0 saturated heterocycles. The van der Waals surface area contributed by atoms with Gasteiger partial charge in [0.25, 0.3) is 0 Å². The first-order valence-electron chi connectivity index (χ1n) is 6.63. The molecule has 3 amide bonds. The van der Waals surface area contributed by atoms with Gasteiger partial charge < -0.3 is 10.4 Å². The summed E-state index contributed by atoms with van der Waals surface area (Å²) in [6.45, 7) is 2.90. The van der Waals surface area contributed by atoms with E-state index in [-0.39, 0.29) is 12.5 Å². The normalized spacial score (nSPS) is 22.4. The fourth-order valence-corrected chi connectivity index (χ4v) is 3.16. The second-order valence-corrected chi connectivity index (χ2v) is 6.78. The molecular weight excluding hydrogens is 280 g/mol. The van der Waals surface area contributed by atoms with Crippen molar-refractivity contribution in [2.24, 2.45) is 5.41 Å². The van der Waals surface area contributed by atoms with Crippen molar-refractivity contribution in [2.75, 3.05) is 6.26 Å². The summed E-state index contributed by atoms with van der Waals surface area (Å²) >= 11 is 1.71. The zero-order valence-electron chi connectivity index (χ0n) is 12.1. The first-order chi connectivity index (χ1) is 9.26. The number of imide groups is 1. The first kappa shape index (κ1) is 16.8. The molecule has 1 aliphatic carbocycles. The molecule has 0 heterocycles. The van der Waals surface area contributed by atoms with Crippen LogP contribution in [0.5, 0.6) is 0 Å². The fraction of sp³-hybridized carbons (Fsp3) is 0.769. The molecule has 0 bridgehead atoms. The Morgan fingerprint density at radius 3 is 2.50 bits per heavy atom. The van der Waals surface area contributed by atoms with E-state index in [4.69, 9.17) is 5.11 Å². The summed E-state index contributed by atoms with van der Waals surface area (Å²) < 4.78 is 0. The lowest BCUT2D eigenvalue weighted by Gasteiger charge is -2.21. The molecule has 2 atom stereocenters.